The Balaban J connectivity index is 1.29. The molecule has 1 aliphatic heterocycles. The van der Waals surface area contributed by atoms with Gasteiger partial charge in [0.15, 0.2) is 0 Å². The summed E-state index contributed by atoms with van der Waals surface area (Å²) in [6.45, 7) is 3.91. The molecule has 2 aliphatic rings. The molecule has 8 heteroatoms. The van der Waals surface area contributed by atoms with E-state index in [1.54, 1.807) is 6.07 Å². The molecule has 0 bridgehead atoms. The third kappa shape index (κ3) is 4.21. The van der Waals surface area contributed by atoms with Crippen LogP contribution in [-0.4, -0.2) is 28.0 Å². The summed E-state index contributed by atoms with van der Waals surface area (Å²) in [5.41, 5.74) is 2.66. The van der Waals surface area contributed by atoms with Crippen molar-refractivity contribution in [3.8, 4) is 23.3 Å². The minimum absolute atomic E-state index is 0.0421. The number of nitrogens with one attached hydrogen (secondary N) is 2. The molecule has 3 aromatic carbocycles. The number of rotatable bonds is 5. The summed E-state index contributed by atoms with van der Waals surface area (Å²) in [7, 11) is 0. The van der Waals surface area contributed by atoms with Gasteiger partial charge in [-0.2, -0.15) is 0 Å². The molecule has 1 unspecified atom stereocenters. The lowest BCUT2D eigenvalue weighted by Gasteiger charge is -2.12. The zero-order valence-corrected chi connectivity index (χ0v) is 19.6. The van der Waals surface area contributed by atoms with Gasteiger partial charge in [0.1, 0.15) is 29.2 Å². The van der Waals surface area contributed by atoms with E-state index in [0.29, 0.717) is 40.0 Å². The Morgan fingerprint density at radius 3 is 2.64 bits per heavy atom. The number of piperidine rings is 1. The number of aromatic nitrogens is 2. The lowest BCUT2D eigenvalue weighted by Crippen LogP contribution is -2.13. The number of nitro groups is 1. The Morgan fingerprint density at radius 1 is 1.08 bits per heavy atom. The average molecular weight is 478 g/mol. The number of hydrogen-bond donors (Lipinski definition) is 2. The van der Waals surface area contributed by atoms with Gasteiger partial charge in [0.05, 0.1) is 10.4 Å². The van der Waals surface area contributed by atoms with Crippen molar-refractivity contribution in [2.75, 3.05) is 18.4 Å². The van der Waals surface area contributed by atoms with E-state index in [2.05, 4.69) is 32.4 Å². The zero-order chi connectivity index (χ0) is 24.6. The van der Waals surface area contributed by atoms with Crippen LogP contribution < -0.4 is 15.4 Å². The van der Waals surface area contributed by atoms with Gasteiger partial charge in [-0.15, -0.1) is 0 Å². The fourth-order valence-electron chi connectivity index (χ4n) is 4.83. The number of fused-ring (bicyclic) bond motifs is 2. The zero-order valence-electron chi connectivity index (χ0n) is 19.6. The Bertz CT molecular complexity index is 1530. The average Bonchev–Trinajstić information content (AvgIpc) is 3.30. The van der Waals surface area contributed by atoms with Gasteiger partial charge in [-0.1, -0.05) is 30.0 Å². The first kappa shape index (κ1) is 22.0. The first-order chi connectivity index (χ1) is 17.6. The van der Waals surface area contributed by atoms with Gasteiger partial charge in [-0.3, -0.25) is 10.1 Å². The molecule has 6 rings (SSSR count). The molecule has 36 heavy (non-hydrogen) atoms. The van der Waals surface area contributed by atoms with Crippen LogP contribution in [0.2, 0.25) is 0 Å². The number of benzene rings is 3. The molecule has 1 aromatic heterocycles. The van der Waals surface area contributed by atoms with Crippen LogP contribution in [0.1, 0.15) is 11.1 Å². The molecule has 2 heterocycles. The van der Waals surface area contributed by atoms with Crippen molar-refractivity contribution in [3.05, 3.63) is 88.2 Å². The number of aryl methyl sites for hydroxylation is 1. The number of para-hydroxylation sites is 1. The predicted molar refractivity (Wildman–Crippen MR) is 137 cm³/mol. The maximum atomic E-state index is 11.9. The third-order valence-electron chi connectivity index (χ3n) is 6.82. The van der Waals surface area contributed by atoms with Crippen LogP contribution in [0.3, 0.4) is 0 Å². The molecule has 0 radical (unpaired) electrons. The van der Waals surface area contributed by atoms with Crippen molar-refractivity contribution >= 4 is 28.1 Å². The summed E-state index contributed by atoms with van der Waals surface area (Å²) in [5.74, 6) is 9.78. The Labute approximate surface area is 207 Å². The molecule has 3 atom stereocenters. The van der Waals surface area contributed by atoms with Gasteiger partial charge in [-0.25, -0.2) is 9.97 Å². The molecule has 8 nitrogen and oxygen atoms in total. The Kier molecular flexibility index (Phi) is 5.47. The van der Waals surface area contributed by atoms with Crippen molar-refractivity contribution in [2.45, 2.75) is 6.92 Å². The number of hydrogen-bond acceptors (Lipinski definition) is 7. The molecular formula is C28H23N5O3. The second kappa shape index (κ2) is 8.95. The van der Waals surface area contributed by atoms with Gasteiger partial charge in [-0.05, 0) is 73.8 Å². The van der Waals surface area contributed by atoms with Gasteiger partial charge < -0.3 is 15.4 Å². The van der Waals surface area contributed by atoms with E-state index in [4.69, 9.17) is 4.74 Å². The topological polar surface area (TPSA) is 102 Å². The molecule has 178 valence electrons. The quantitative estimate of drug-likeness (QED) is 0.231. The highest BCUT2D eigenvalue weighted by molar-refractivity contribution is 5.93. The van der Waals surface area contributed by atoms with Gasteiger partial charge >= 0.3 is 0 Å². The van der Waals surface area contributed by atoms with Crippen molar-refractivity contribution in [1.82, 2.24) is 15.3 Å². The number of nitrogens with zero attached hydrogens (tertiary/aromatic N) is 3. The third-order valence-corrected chi connectivity index (χ3v) is 6.82. The van der Waals surface area contributed by atoms with Crippen LogP contribution in [0.4, 0.5) is 17.2 Å². The Morgan fingerprint density at radius 2 is 1.89 bits per heavy atom. The van der Waals surface area contributed by atoms with Crippen molar-refractivity contribution in [2.24, 2.45) is 17.8 Å². The highest BCUT2D eigenvalue weighted by Crippen LogP contribution is 2.48. The second-order valence-corrected chi connectivity index (χ2v) is 9.17. The lowest BCUT2D eigenvalue weighted by atomic mass is 10.1. The van der Waals surface area contributed by atoms with E-state index in [9.17, 15) is 10.1 Å². The number of anilines is 2. The summed E-state index contributed by atoms with van der Waals surface area (Å²) in [5, 5.41) is 19.1. The molecule has 4 aromatic rings. The summed E-state index contributed by atoms with van der Waals surface area (Å²) in [4.78, 5) is 20.2. The van der Waals surface area contributed by atoms with Gasteiger partial charge in [0, 0.05) is 23.1 Å². The fourth-order valence-corrected chi connectivity index (χ4v) is 4.83. The maximum absolute atomic E-state index is 11.9. The van der Waals surface area contributed by atoms with E-state index >= 15 is 0 Å². The van der Waals surface area contributed by atoms with Crippen LogP contribution in [0, 0.1) is 46.6 Å². The van der Waals surface area contributed by atoms with Crippen molar-refractivity contribution in [1.29, 1.82) is 0 Å². The van der Waals surface area contributed by atoms with Gasteiger partial charge in [0.2, 0.25) is 0 Å². The lowest BCUT2D eigenvalue weighted by molar-refractivity contribution is -0.385. The molecule has 2 fully saturated rings. The number of nitro benzene ring substituents is 1. The first-order valence-electron chi connectivity index (χ1n) is 11.8. The van der Waals surface area contributed by atoms with E-state index in [1.165, 1.54) is 12.4 Å². The smallest absolute Gasteiger partial charge is 0.285 e. The number of ether oxygens (including phenoxy) is 1. The molecule has 0 amide bonds. The highest BCUT2D eigenvalue weighted by atomic mass is 16.6. The summed E-state index contributed by atoms with van der Waals surface area (Å²) in [6, 6.07) is 18.5. The van der Waals surface area contributed by atoms with Crippen LogP contribution in [0.15, 0.2) is 67.0 Å². The van der Waals surface area contributed by atoms with Crippen molar-refractivity contribution in [3.63, 3.8) is 0 Å². The largest absolute Gasteiger partial charge is 0.457 e. The van der Waals surface area contributed by atoms with Crippen LogP contribution in [-0.2, 0) is 0 Å². The highest BCUT2D eigenvalue weighted by Gasteiger charge is 2.51. The van der Waals surface area contributed by atoms with E-state index in [1.807, 2.05) is 55.5 Å². The van der Waals surface area contributed by atoms with E-state index in [0.717, 1.165) is 35.8 Å². The van der Waals surface area contributed by atoms with Crippen LogP contribution >= 0.6 is 0 Å². The molecule has 1 saturated heterocycles. The van der Waals surface area contributed by atoms with Gasteiger partial charge in [0.25, 0.3) is 5.69 Å². The van der Waals surface area contributed by atoms with Crippen LogP contribution in [0.5, 0.6) is 11.5 Å². The Hall–Kier alpha value is -4.48. The van der Waals surface area contributed by atoms with Crippen LogP contribution in [0.25, 0.3) is 10.9 Å². The summed E-state index contributed by atoms with van der Waals surface area (Å²) in [6.07, 6.45) is 1.45. The molecule has 1 aliphatic carbocycles. The summed E-state index contributed by atoms with van der Waals surface area (Å²) >= 11 is 0. The minimum Gasteiger partial charge on any atom is -0.457 e. The maximum Gasteiger partial charge on any atom is 0.285 e. The molecule has 1 saturated carbocycles. The van der Waals surface area contributed by atoms with E-state index in [-0.39, 0.29) is 5.69 Å². The fraction of sp³-hybridized carbons (Fsp3) is 0.214. The monoisotopic (exact) mass is 477 g/mol. The standard InChI is InChI=1S/C28H23N5O3/c1-17-11-19(8-10-27(17)36-20-5-3-2-4-6-20)32-28-22-13-26(33(34)35)18(12-25(22)30-16-31-28)7-9-21-23-14-29-15-24(21)23/h2-6,8,10-13,16,21,23-24,29H,14-15H2,1H3,(H,30,31,32)/t21?,23-,24+. The SMILES string of the molecule is Cc1cc(Nc2ncnc3cc(C#CC4[C@H]5CNC[C@@H]45)c([N+](=O)[O-])cc23)ccc1Oc1ccccc1. The second-order valence-electron chi connectivity index (χ2n) is 9.17. The summed E-state index contributed by atoms with van der Waals surface area (Å²) < 4.78 is 5.96. The molecular weight excluding hydrogens is 454 g/mol. The first-order valence-corrected chi connectivity index (χ1v) is 11.8. The molecule has 2 N–H and O–H groups in total. The minimum atomic E-state index is -0.393. The van der Waals surface area contributed by atoms with E-state index < -0.39 is 4.92 Å². The van der Waals surface area contributed by atoms with Crippen molar-refractivity contribution < 1.29 is 9.66 Å². The predicted octanol–water partition coefficient (Wildman–Crippen LogP) is 5.20. The molecule has 0 spiro atoms. The normalized spacial score (nSPS) is 19.8.